The van der Waals surface area contributed by atoms with E-state index in [0.717, 1.165) is 175 Å². The molecule has 0 atom stereocenters. The first-order chi connectivity index (χ1) is 50.0. The van der Waals surface area contributed by atoms with E-state index in [1.54, 1.807) is 0 Å². The molecule has 5 aromatic heterocycles. The van der Waals surface area contributed by atoms with Crippen molar-refractivity contribution in [3.63, 3.8) is 0 Å². The number of rotatable bonds is 15. The number of hydrogen-bond donors (Lipinski definition) is 0. The van der Waals surface area contributed by atoms with E-state index < -0.39 is 0 Å². The van der Waals surface area contributed by atoms with E-state index in [2.05, 4.69) is 391 Å². The molecule has 0 aliphatic carbocycles. The number of benzene rings is 14. The molecule has 11 nitrogen and oxygen atoms in total. The Morgan fingerprint density at radius 2 is 0.455 bits per heavy atom. The predicted octanol–water partition coefficient (Wildman–Crippen LogP) is 22.8. The van der Waals surface area contributed by atoms with Crippen LogP contribution in [-0.4, -0.2) is 42.8 Å². The number of hydrogen-bond acceptors (Lipinski definition) is 6. The summed E-state index contributed by atoms with van der Waals surface area (Å²) in [6.07, 6.45) is 0. The SMILES string of the molecule is CCn1c2ccc(N(c3ccc(-n4c(-c5ccccc5)nc5ccccc54)cc3)c3ccc(-n4c(-c5ccccc5)nc5ccccc54)cc3)cc2c2cc(N(c3ccc(-n4c(-c5ccccc5)nc5ccccc54)cc3)c3ccc(-n4c(-c5ccccc5)nc5ccccc54)cc3)ccc21. The molecule has 0 fully saturated rings. The Morgan fingerprint density at radius 3 is 0.703 bits per heavy atom. The molecule has 101 heavy (non-hydrogen) atoms. The van der Waals surface area contributed by atoms with E-state index in [9.17, 15) is 0 Å². The summed E-state index contributed by atoms with van der Waals surface area (Å²) in [5.41, 5.74) is 24.5. The molecule has 0 aliphatic heterocycles. The van der Waals surface area contributed by atoms with Gasteiger partial charge in [0, 0.05) is 107 Å². The quantitative estimate of drug-likeness (QED) is 0.102. The third kappa shape index (κ3) is 10.1. The van der Waals surface area contributed by atoms with Gasteiger partial charge in [-0.15, -0.1) is 0 Å². The fourth-order valence-corrected chi connectivity index (χ4v) is 14.9. The van der Waals surface area contributed by atoms with Gasteiger partial charge in [0.05, 0.1) is 44.1 Å². The Bertz CT molecular complexity index is 5570. The monoisotopic (exact) mass is 1300 g/mol. The van der Waals surface area contributed by atoms with Crippen molar-refractivity contribution in [1.29, 1.82) is 0 Å². The molecule has 0 saturated carbocycles. The van der Waals surface area contributed by atoms with Gasteiger partial charge in [0.2, 0.25) is 0 Å². The molecule has 0 unspecified atom stereocenters. The standard InChI is InChI=1S/C90H63N11/c1-2-95-81-57-55-73(96(65-39-47-69(48-40-65)98-83-35-19-15-31-77(83)91-87(98)61-23-7-3-8-24-61)66-41-49-70(50-42-66)99-84-36-20-16-32-78(84)92-88(99)62-25-9-4-10-26-62)59-75(81)76-60-74(56-58-82(76)95)97(67-43-51-71(52-44-67)100-85-37-21-17-33-79(85)93-89(100)63-27-11-5-12-28-63)68-45-53-72(54-46-68)101-86-38-22-18-34-80(86)94-90(101)64-29-13-6-14-30-64/h3-60H,2H2,1H3. The van der Waals surface area contributed by atoms with Gasteiger partial charge in [0.25, 0.3) is 0 Å². The van der Waals surface area contributed by atoms with Crippen LogP contribution in [0.15, 0.2) is 352 Å². The number of aromatic nitrogens is 9. The van der Waals surface area contributed by atoms with Gasteiger partial charge in [-0.25, -0.2) is 19.9 Å². The lowest BCUT2D eigenvalue weighted by molar-refractivity contribution is 0.827. The Labute approximate surface area is 582 Å². The summed E-state index contributed by atoms with van der Waals surface area (Å²) >= 11 is 0. The van der Waals surface area contributed by atoms with Crippen molar-refractivity contribution >= 4 is 100 Å². The Hall–Kier alpha value is -13.6. The molecule has 0 radical (unpaired) electrons. The molecular weight excluding hydrogens is 1240 g/mol. The first-order valence-corrected chi connectivity index (χ1v) is 34.2. The van der Waals surface area contributed by atoms with Crippen LogP contribution < -0.4 is 9.80 Å². The number of anilines is 6. The average Bonchev–Trinajstić information content (AvgIpc) is 1.72. The number of aryl methyl sites for hydroxylation is 1. The van der Waals surface area contributed by atoms with Crippen LogP contribution in [0.25, 0.3) is 134 Å². The van der Waals surface area contributed by atoms with E-state index in [0.29, 0.717) is 0 Å². The molecule has 11 heteroatoms. The van der Waals surface area contributed by atoms with Crippen molar-refractivity contribution in [2.75, 3.05) is 9.80 Å². The maximum absolute atomic E-state index is 5.20. The molecule has 0 aliphatic rings. The number of nitrogens with zero attached hydrogens (tertiary/aromatic N) is 11. The zero-order valence-corrected chi connectivity index (χ0v) is 55.1. The second kappa shape index (κ2) is 24.5. The van der Waals surface area contributed by atoms with Crippen molar-refractivity contribution in [3.8, 4) is 68.3 Å². The van der Waals surface area contributed by atoms with Crippen LogP contribution in [0, 0.1) is 0 Å². The summed E-state index contributed by atoms with van der Waals surface area (Å²) in [6, 6.07) is 125. The van der Waals surface area contributed by atoms with Gasteiger partial charge in [0.15, 0.2) is 0 Å². The van der Waals surface area contributed by atoms with Crippen molar-refractivity contribution < 1.29 is 0 Å². The van der Waals surface area contributed by atoms with Crippen LogP contribution in [0.4, 0.5) is 34.1 Å². The molecule has 19 rings (SSSR count). The predicted molar refractivity (Wildman–Crippen MR) is 415 cm³/mol. The minimum Gasteiger partial charge on any atom is -0.341 e. The van der Waals surface area contributed by atoms with Crippen LogP contribution in [0.3, 0.4) is 0 Å². The lowest BCUT2D eigenvalue weighted by Crippen LogP contribution is -2.11. The van der Waals surface area contributed by atoms with Gasteiger partial charge in [-0.2, -0.15) is 0 Å². The zero-order valence-electron chi connectivity index (χ0n) is 55.1. The molecule has 0 saturated heterocycles. The Balaban J connectivity index is 0.771. The molecule has 0 N–H and O–H groups in total. The summed E-state index contributed by atoms with van der Waals surface area (Å²) in [7, 11) is 0. The maximum atomic E-state index is 5.20. The zero-order chi connectivity index (χ0) is 66.9. The molecule has 14 aromatic carbocycles. The van der Waals surface area contributed by atoms with Crippen LogP contribution >= 0.6 is 0 Å². The molecule has 0 spiro atoms. The highest BCUT2D eigenvalue weighted by Crippen LogP contribution is 2.45. The fraction of sp³-hybridized carbons (Fsp3) is 0.0222. The number of imidazole rings is 4. The molecule has 19 aromatic rings. The van der Waals surface area contributed by atoms with Crippen LogP contribution in [0.1, 0.15) is 6.92 Å². The maximum Gasteiger partial charge on any atom is 0.145 e. The van der Waals surface area contributed by atoms with E-state index in [1.807, 2.05) is 0 Å². The molecule has 0 amide bonds. The van der Waals surface area contributed by atoms with Crippen molar-refractivity contribution in [2.45, 2.75) is 13.5 Å². The van der Waals surface area contributed by atoms with Gasteiger partial charge < -0.3 is 14.4 Å². The van der Waals surface area contributed by atoms with Gasteiger partial charge in [-0.3, -0.25) is 18.3 Å². The summed E-state index contributed by atoms with van der Waals surface area (Å²) in [4.78, 5) is 25.6. The minimum atomic E-state index is 0.779. The second-order valence-electron chi connectivity index (χ2n) is 25.4. The van der Waals surface area contributed by atoms with Crippen molar-refractivity contribution in [3.05, 3.63) is 352 Å². The van der Waals surface area contributed by atoms with Gasteiger partial charge >= 0.3 is 0 Å². The van der Waals surface area contributed by atoms with E-state index in [1.165, 1.54) is 0 Å². The molecule has 478 valence electrons. The van der Waals surface area contributed by atoms with Gasteiger partial charge in [-0.05, 0) is 189 Å². The van der Waals surface area contributed by atoms with Gasteiger partial charge in [0.1, 0.15) is 23.3 Å². The molecular formula is C90H63N11. The third-order valence-electron chi connectivity index (χ3n) is 19.5. The van der Waals surface area contributed by atoms with Crippen molar-refractivity contribution in [2.24, 2.45) is 0 Å². The Morgan fingerprint density at radius 1 is 0.228 bits per heavy atom. The van der Waals surface area contributed by atoms with Gasteiger partial charge in [-0.1, -0.05) is 170 Å². The molecule has 0 bridgehead atoms. The third-order valence-corrected chi connectivity index (χ3v) is 19.5. The average molecular weight is 1300 g/mol. The topological polar surface area (TPSA) is 82.7 Å². The van der Waals surface area contributed by atoms with E-state index in [-0.39, 0.29) is 0 Å². The minimum absolute atomic E-state index is 0.779. The van der Waals surface area contributed by atoms with Crippen molar-refractivity contribution in [1.82, 2.24) is 42.8 Å². The molecule has 5 heterocycles. The van der Waals surface area contributed by atoms with Crippen LogP contribution in [0.2, 0.25) is 0 Å². The smallest absolute Gasteiger partial charge is 0.145 e. The fourth-order valence-electron chi connectivity index (χ4n) is 14.9. The number of para-hydroxylation sites is 8. The lowest BCUT2D eigenvalue weighted by Gasteiger charge is -2.27. The highest BCUT2D eigenvalue weighted by atomic mass is 15.2. The second-order valence-corrected chi connectivity index (χ2v) is 25.4. The normalized spacial score (nSPS) is 11.7. The first-order valence-electron chi connectivity index (χ1n) is 34.2. The highest BCUT2D eigenvalue weighted by molar-refractivity contribution is 6.11. The first kappa shape index (κ1) is 58.7. The van der Waals surface area contributed by atoms with Crippen LogP contribution in [-0.2, 0) is 6.54 Å². The van der Waals surface area contributed by atoms with E-state index >= 15 is 0 Å². The summed E-state index contributed by atoms with van der Waals surface area (Å²) in [5.74, 6) is 3.56. The summed E-state index contributed by atoms with van der Waals surface area (Å²) in [5, 5.41) is 2.28. The highest BCUT2D eigenvalue weighted by Gasteiger charge is 2.24. The summed E-state index contributed by atoms with van der Waals surface area (Å²) in [6.45, 7) is 3.02. The Kier molecular flexibility index (Phi) is 14.2. The number of fused-ring (bicyclic) bond motifs is 7. The van der Waals surface area contributed by atoms with Crippen LogP contribution in [0.5, 0.6) is 0 Å². The lowest BCUT2D eigenvalue weighted by atomic mass is 10.1. The van der Waals surface area contributed by atoms with E-state index in [4.69, 9.17) is 19.9 Å². The largest absolute Gasteiger partial charge is 0.341 e. The summed E-state index contributed by atoms with van der Waals surface area (Å²) < 4.78 is 11.5.